The molecule has 3 N–H and O–H groups in total. The molecule has 0 atom stereocenters. The molecular weight excluding hydrogens is 443 g/mol. The topological polar surface area (TPSA) is 72.2 Å². The average Bonchev–Trinajstić information content (AvgIpc) is 2.39. The van der Waals surface area contributed by atoms with Gasteiger partial charge in [-0.25, -0.2) is 8.42 Å². The number of halogens is 3. The van der Waals surface area contributed by atoms with E-state index in [-0.39, 0.29) is 20.1 Å². The smallest absolute Gasteiger partial charge is 0.263 e. The molecule has 0 aliphatic rings. The number of nitrogens with one attached hydrogen (secondary N) is 1. The van der Waals surface area contributed by atoms with Crippen LogP contribution in [0.15, 0.2) is 44.2 Å². The van der Waals surface area contributed by atoms with Gasteiger partial charge in [-0.05, 0) is 52.7 Å². The summed E-state index contributed by atoms with van der Waals surface area (Å²) in [6.45, 7) is 1.81. The Balaban J connectivity index is 2.51. The van der Waals surface area contributed by atoms with Gasteiger partial charge in [-0.1, -0.05) is 33.6 Å². The van der Waals surface area contributed by atoms with Gasteiger partial charge in [-0.2, -0.15) is 0 Å². The van der Waals surface area contributed by atoms with Crippen molar-refractivity contribution in [3.8, 4) is 0 Å². The molecule has 0 amide bonds. The molecule has 2 aromatic rings. The van der Waals surface area contributed by atoms with Gasteiger partial charge < -0.3 is 5.73 Å². The summed E-state index contributed by atoms with van der Waals surface area (Å²) in [5, 5.41) is 0.252. The van der Waals surface area contributed by atoms with E-state index in [1.54, 1.807) is 12.1 Å². The lowest BCUT2D eigenvalue weighted by atomic mass is 10.2. The quantitative estimate of drug-likeness (QED) is 0.668. The Kier molecular flexibility index (Phi) is 4.87. The van der Waals surface area contributed by atoms with Crippen LogP contribution in [0.1, 0.15) is 5.56 Å². The summed E-state index contributed by atoms with van der Waals surface area (Å²) < 4.78 is 28.7. The van der Waals surface area contributed by atoms with Crippen molar-refractivity contribution in [3.05, 3.63) is 49.9 Å². The second kappa shape index (κ2) is 6.16. The number of nitrogens with two attached hydrogens (primary N) is 1. The van der Waals surface area contributed by atoms with Crippen LogP contribution in [0.4, 0.5) is 11.4 Å². The molecule has 2 aromatic carbocycles. The molecule has 0 aliphatic heterocycles. The fourth-order valence-electron chi connectivity index (χ4n) is 1.70. The molecule has 2 rings (SSSR count). The predicted octanol–water partition coefficient (Wildman–Crippen LogP) is 4.56. The summed E-state index contributed by atoms with van der Waals surface area (Å²) in [7, 11) is -3.81. The molecular formula is C13H11Br2ClN2O2S. The molecule has 0 spiro atoms. The normalized spacial score (nSPS) is 11.4. The van der Waals surface area contributed by atoms with Gasteiger partial charge in [0.25, 0.3) is 10.0 Å². The van der Waals surface area contributed by atoms with E-state index in [1.165, 1.54) is 12.1 Å². The van der Waals surface area contributed by atoms with Crippen molar-refractivity contribution in [3.63, 3.8) is 0 Å². The second-order valence-electron chi connectivity index (χ2n) is 4.33. The molecule has 0 unspecified atom stereocenters. The van der Waals surface area contributed by atoms with Crippen LogP contribution in [0.25, 0.3) is 0 Å². The molecule has 0 aliphatic carbocycles. The number of hydrogen-bond acceptors (Lipinski definition) is 3. The van der Waals surface area contributed by atoms with Crippen LogP contribution < -0.4 is 10.5 Å². The maximum atomic E-state index is 12.5. The summed E-state index contributed by atoms with van der Waals surface area (Å²) in [6.07, 6.45) is 0. The van der Waals surface area contributed by atoms with Crippen molar-refractivity contribution in [2.75, 3.05) is 10.5 Å². The summed E-state index contributed by atoms with van der Waals surface area (Å²) in [5.74, 6) is 0. The van der Waals surface area contributed by atoms with E-state index in [0.717, 1.165) is 10.0 Å². The molecule has 4 nitrogen and oxygen atoms in total. The van der Waals surface area contributed by atoms with Crippen molar-refractivity contribution >= 4 is 64.9 Å². The van der Waals surface area contributed by atoms with E-state index in [1.807, 2.05) is 13.0 Å². The zero-order valence-corrected chi connectivity index (χ0v) is 15.6. The molecule has 0 aromatic heterocycles. The second-order valence-corrected chi connectivity index (χ2v) is 8.06. The molecule has 21 heavy (non-hydrogen) atoms. The minimum Gasteiger partial charge on any atom is -0.398 e. The van der Waals surface area contributed by atoms with Gasteiger partial charge in [0.1, 0.15) is 4.90 Å². The number of benzene rings is 2. The molecule has 0 saturated carbocycles. The number of sulfonamides is 1. The van der Waals surface area contributed by atoms with E-state index in [2.05, 4.69) is 36.6 Å². The highest BCUT2D eigenvalue weighted by molar-refractivity contribution is 9.11. The Morgan fingerprint density at radius 2 is 1.90 bits per heavy atom. The first kappa shape index (κ1) is 16.6. The van der Waals surface area contributed by atoms with Crippen molar-refractivity contribution in [1.82, 2.24) is 0 Å². The Morgan fingerprint density at radius 3 is 2.57 bits per heavy atom. The molecule has 0 bridgehead atoms. The summed E-state index contributed by atoms with van der Waals surface area (Å²) in [6, 6.07) is 8.09. The Labute approximate surface area is 145 Å². The Hall–Kier alpha value is -0.760. The number of rotatable bonds is 3. The van der Waals surface area contributed by atoms with Gasteiger partial charge in [0.15, 0.2) is 0 Å². The van der Waals surface area contributed by atoms with Gasteiger partial charge in [0.2, 0.25) is 0 Å². The first-order chi connectivity index (χ1) is 9.72. The Bertz CT molecular complexity index is 810. The van der Waals surface area contributed by atoms with E-state index >= 15 is 0 Å². The van der Waals surface area contributed by atoms with Crippen LogP contribution in [0, 0.1) is 6.92 Å². The first-order valence-electron chi connectivity index (χ1n) is 5.75. The zero-order valence-electron chi connectivity index (χ0n) is 10.8. The highest BCUT2D eigenvalue weighted by atomic mass is 79.9. The SMILES string of the molecule is Cc1c(Br)cccc1NS(=O)(=O)c1cc(Cl)cc(N)c1Br. The zero-order chi connectivity index (χ0) is 15.8. The minimum atomic E-state index is -3.81. The monoisotopic (exact) mass is 452 g/mol. The van der Waals surface area contributed by atoms with Crippen LogP contribution in [-0.2, 0) is 10.0 Å². The lowest BCUT2D eigenvalue weighted by molar-refractivity contribution is 0.600. The van der Waals surface area contributed by atoms with Crippen LogP contribution in [0.2, 0.25) is 5.02 Å². The number of anilines is 2. The van der Waals surface area contributed by atoms with Gasteiger partial charge in [0.05, 0.1) is 10.2 Å². The van der Waals surface area contributed by atoms with Crippen molar-refractivity contribution in [1.29, 1.82) is 0 Å². The fraction of sp³-hybridized carbons (Fsp3) is 0.0769. The van der Waals surface area contributed by atoms with Crippen LogP contribution in [0.3, 0.4) is 0 Å². The predicted molar refractivity (Wildman–Crippen MR) is 93.3 cm³/mol. The molecule has 0 saturated heterocycles. The van der Waals surface area contributed by atoms with Crippen LogP contribution in [0.5, 0.6) is 0 Å². The highest BCUT2D eigenvalue weighted by Gasteiger charge is 2.21. The highest BCUT2D eigenvalue weighted by Crippen LogP contribution is 2.33. The van der Waals surface area contributed by atoms with Crippen molar-refractivity contribution in [2.45, 2.75) is 11.8 Å². The van der Waals surface area contributed by atoms with Crippen LogP contribution in [-0.4, -0.2) is 8.42 Å². The van der Waals surface area contributed by atoms with E-state index in [4.69, 9.17) is 17.3 Å². The summed E-state index contributed by atoms with van der Waals surface area (Å²) in [5.41, 5.74) is 7.26. The van der Waals surface area contributed by atoms with E-state index in [0.29, 0.717) is 5.69 Å². The third-order valence-corrected chi connectivity index (χ3v) is 6.45. The van der Waals surface area contributed by atoms with Crippen molar-refractivity contribution in [2.24, 2.45) is 0 Å². The molecule has 0 radical (unpaired) electrons. The lowest BCUT2D eigenvalue weighted by Gasteiger charge is -2.13. The largest absolute Gasteiger partial charge is 0.398 e. The third-order valence-electron chi connectivity index (χ3n) is 2.83. The lowest BCUT2D eigenvalue weighted by Crippen LogP contribution is -2.15. The van der Waals surface area contributed by atoms with Gasteiger partial charge in [-0.3, -0.25) is 4.72 Å². The first-order valence-corrected chi connectivity index (χ1v) is 9.19. The average molecular weight is 455 g/mol. The minimum absolute atomic E-state index is 0.00752. The van der Waals surface area contributed by atoms with Crippen molar-refractivity contribution < 1.29 is 8.42 Å². The van der Waals surface area contributed by atoms with E-state index in [9.17, 15) is 8.42 Å². The van der Waals surface area contributed by atoms with Gasteiger partial charge in [0, 0.05) is 15.2 Å². The Morgan fingerprint density at radius 1 is 1.24 bits per heavy atom. The fourth-order valence-corrected chi connectivity index (χ4v) is 4.48. The van der Waals surface area contributed by atoms with Gasteiger partial charge in [-0.15, -0.1) is 0 Å². The van der Waals surface area contributed by atoms with Gasteiger partial charge >= 0.3 is 0 Å². The maximum Gasteiger partial charge on any atom is 0.263 e. The summed E-state index contributed by atoms with van der Waals surface area (Å²) in [4.78, 5) is -0.00752. The third kappa shape index (κ3) is 3.53. The van der Waals surface area contributed by atoms with Crippen LogP contribution >= 0.6 is 43.5 Å². The molecule has 8 heteroatoms. The standard InChI is InChI=1S/C13H11Br2ClN2O2S/c1-7-9(14)3-2-4-11(7)18-21(19,20)12-6-8(16)5-10(17)13(12)15/h2-6,18H,17H2,1H3. The van der Waals surface area contributed by atoms with E-state index < -0.39 is 10.0 Å². The number of hydrogen-bond donors (Lipinski definition) is 2. The molecule has 112 valence electrons. The molecule has 0 fully saturated rings. The number of nitrogen functional groups attached to an aromatic ring is 1. The maximum absolute atomic E-state index is 12.5. The molecule has 0 heterocycles. The summed E-state index contributed by atoms with van der Waals surface area (Å²) >= 11 is 12.4.